The number of carbonyl (C=O) groups is 1. The molecular formula is C22H20N4O4S2. The van der Waals surface area contributed by atoms with Gasteiger partial charge in [0.1, 0.15) is 0 Å². The zero-order chi connectivity index (χ0) is 22.5. The van der Waals surface area contributed by atoms with E-state index in [-0.39, 0.29) is 22.9 Å². The summed E-state index contributed by atoms with van der Waals surface area (Å²) in [4.78, 5) is 41.1. The van der Waals surface area contributed by atoms with Crippen molar-refractivity contribution in [1.82, 2.24) is 9.55 Å². The lowest BCUT2D eigenvalue weighted by atomic mass is 10.1. The number of fused-ring (bicyclic) bond motifs is 1. The van der Waals surface area contributed by atoms with Crippen molar-refractivity contribution in [2.24, 2.45) is 0 Å². The number of non-ortho nitro benzene ring substituents is 1. The number of rotatable bonds is 8. The van der Waals surface area contributed by atoms with Crippen molar-refractivity contribution >= 4 is 40.8 Å². The Morgan fingerprint density at radius 3 is 2.66 bits per heavy atom. The van der Waals surface area contributed by atoms with Crippen LogP contribution in [0.25, 0.3) is 0 Å². The molecule has 0 saturated heterocycles. The van der Waals surface area contributed by atoms with E-state index in [2.05, 4.69) is 10.3 Å². The van der Waals surface area contributed by atoms with Crippen LogP contribution >= 0.6 is 23.5 Å². The molecule has 164 valence electrons. The number of hydrogen-bond donors (Lipinski definition) is 1. The Bertz CT molecular complexity index is 1200. The summed E-state index contributed by atoms with van der Waals surface area (Å²) in [5.41, 5.74) is 2.31. The average Bonchev–Trinajstić information content (AvgIpc) is 3.27. The first-order chi connectivity index (χ1) is 15.5. The van der Waals surface area contributed by atoms with Crippen molar-refractivity contribution < 1.29 is 9.72 Å². The molecule has 1 N–H and O–H groups in total. The number of nitro groups is 1. The van der Waals surface area contributed by atoms with Crippen LogP contribution in [-0.4, -0.2) is 31.9 Å². The zero-order valence-corrected chi connectivity index (χ0v) is 18.7. The van der Waals surface area contributed by atoms with Crippen molar-refractivity contribution in [2.45, 2.75) is 29.4 Å². The van der Waals surface area contributed by atoms with Gasteiger partial charge >= 0.3 is 0 Å². The number of anilines is 1. The summed E-state index contributed by atoms with van der Waals surface area (Å²) in [6.07, 6.45) is 1.44. The second-order valence-corrected chi connectivity index (χ2v) is 9.15. The van der Waals surface area contributed by atoms with Gasteiger partial charge in [-0.15, -0.1) is 11.8 Å². The van der Waals surface area contributed by atoms with E-state index in [9.17, 15) is 19.7 Å². The predicted molar refractivity (Wildman–Crippen MR) is 126 cm³/mol. The van der Waals surface area contributed by atoms with E-state index < -0.39 is 4.92 Å². The van der Waals surface area contributed by atoms with Gasteiger partial charge in [0.25, 0.3) is 11.2 Å². The third kappa shape index (κ3) is 5.20. The molecule has 0 unspecified atom stereocenters. The highest BCUT2D eigenvalue weighted by Gasteiger charge is 2.22. The van der Waals surface area contributed by atoms with Gasteiger partial charge < -0.3 is 5.32 Å². The molecule has 0 aliphatic carbocycles. The average molecular weight is 469 g/mol. The Morgan fingerprint density at radius 1 is 1.19 bits per heavy atom. The molecule has 0 radical (unpaired) electrons. The standard InChI is InChI=1S/C22H20N4O4S2/c27-19(23-16-6-8-17(9-7-16)26(29)30)14-32-22-24-18-11-13-31-20(18)21(28)25(22)12-10-15-4-2-1-3-5-15/h1-9H,10-14H2,(H,23,27). The molecule has 0 spiro atoms. The fourth-order valence-corrected chi connectivity index (χ4v) is 5.19. The quantitative estimate of drug-likeness (QED) is 0.232. The van der Waals surface area contributed by atoms with Crippen molar-refractivity contribution in [2.75, 3.05) is 16.8 Å². The van der Waals surface area contributed by atoms with Crippen molar-refractivity contribution in [1.29, 1.82) is 0 Å². The largest absolute Gasteiger partial charge is 0.325 e. The molecule has 0 fully saturated rings. The molecular weight excluding hydrogens is 448 g/mol. The number of aromatic nitrogens is 2. The SMILES string of the molecule is O=C(CSc1nc2c(c(=O)n1CCc1ccccc1)SCC2)Nc1ccc([N+](=O)[O-])cc1. The van der Waals surface area contributed by atoms with Crippen LogP contribution in [0.2, 0.25) is 0 Å². The highest BCUT2D eigenvalue weighted by atomic mass is 32.2. The maximum atomic E-state index is 13.1. The number of aryl methyl sites for hydroxylation is 2. The zero-order valence-electron chi connectivity index (χ0n) is 17.0. The van der Waals surface area contributed by atoms with Crippen LogP contribution in [0.5, 0.6) is 0 Å². The topological polar surface area (TPSA) is 107 Å². The Balaban J connectivity index is 1.47. The van der Waals surface area contributed by atoms with Crippen LogP contribution in [0.1, 0.15) is 11.3 Å². The minimum absolute atomic E-state index is 0.0417. The van der Waals surface area contributed by atoms with Gasteiger partial charge in [0.05, 0.1) is 21.3 Å². The summed E-state index contributed by atoms with van der Waals surface area (Å²) in [6, 6.07) is 15.6. The van der Waals surface area contributed by atoms with Gasteiger partial charge in [0, 0.05) is 36.5 Å². The second-order valence-electron chi connectivity index (χ2n) is 7.10. The van der Waals surface area contributed by atoms with Crippen LogP contribution in [0.3, 0.4) is 0 Å². The van der Waals surface area contributed by atoms with Gasteiger partial charge in [0.2, 0.25) is 5.91 Å². The number of nitrogens with one attached hydrogen (secondary N) is 1. The van der Waals surface area contributed by atoms with Gasteiger partial charge in [-0.25, -0.2) is 4.98 Å². The van der Waals surface area contributed by atoms with Crippen molar-refractivity contribution in [3.05, 3.63) is 86.3 Å². The maximum absolute atomic E-state index is 13.1. The van der Waals surface area contributed by atoms with Gasteiger partial charge in [-0.1, -0.05) is 42.1 Å². The summed E-state index contributed by atoms with van der Waals surface area (Å²) in [5.74, 6) is 0.633. The first-order valence-corrected chi connectivity index (χ1v) is 12.0. The first-order valence-electron chi connectivity index (χ1n) is 9.99. The van der Waals surface area contributed by atoms with Gasteiger partial charge in [-0.3, -0.25) is 24.3 Å². The number of amides is 1. The molecule has 1 amide bonds. The van der Waals surface area contributed by atoms with E-state index in [0.717, 1.165) is 23.4 Å². The van der Waals surface area contributed by atoms with Gasteiger partial charge in [0.15, 0.2) is 5.16 Å². The highest BCUT2D eigenvalue weighted by Crippen LogP contribution is 2.29. The molecule has 10 heteroatoms. The van der Waals surface area contributed by atoms with E-state index in [1.54, 1.807) is 4.57 Å². The third-order valence-corrected chi connectivity index (χ3v) is 6.99. The fourth-order valence-electron chi connectivity index (χ4n) is 3.31. The minimum atomic E-state index is -0.492. The molecule has 2 heterocycles. The summed E-state index contributed by atoms with van der Waals surface area (Å²) in [6.45, 7) is 0.482. The Morgan fingerprint density at radius 2 is 1.94 bits per heavy atom. The van der Waals surface area contributed by atoms with Crippen LogP contribution < -0.4 is 10.9 Å². The lowest BCUT2D eigenvalue weighted by molar-refractivity contribution is -0.384. The highest BCUT2D eigenvalue weighted by molar-refractivity contribution is 8.00. The molecule has 8 nitrogen and oxygen atoms in total. The van der Waals surface area contributed by atoms with Crippen LogP contribution in [0, 0.1) is 10.1 Å². The van der Waals surface area contributed by atoms with E-state index in [0.29, 0.717) is 28.7 Å². The monoisotopic (exact) mass is 468 g/mol. The van der Waals surface area contributed by atoms with Crippen molar-refractivity contribution in [3.8, 4) is 0 Å². The second kappa shape index (κ2) is 10.0. The number of nitrogens with zero attached hydrogens (tertiary/aromatic N) is 3. The van der Waals surface area contributed by atoms with E-state index in [1.165, 1.54) is 47.8 Å². The van der Waals surface area contributed by atoms with E-state index in [4.69, 9.17) is 0 Å². The predicted octanol–water partition coefficient (Wildman–Crippen LogP) is 3.77. The number of benzene rings is 2. The van der Waals surface area contributed by atoms with Crippen LogP contribution in [-0.2, 0) is 24.2 Å². The fraction of sp³-hybridized carbons (Fsp3) is 0.227. The summed E-state index contributed by atoms with van der Waals surface area (Å²) in [5, 5.41) is 14.0. The summed E-state index contributed by atoms with van der Waals surface area (Å²) >= 11 is 2.76. The molecule has 4 rings (SSSR count). The molecule has 3 aromatic rings. The van der Waals surface area contributed by atoms with Crippen molar-refractivity contribution in [3.63, 3.8) is 0 Å². The number of nitro benzene ring substituents is 1. The summed E-state index contributed by atoms with van der Waals surface area (Å²) in [7, 11) is 0. The Labute approximate surface area is 192 Å². The summed E-state index contributed by atoms with van der Waals surface area (Å²) < 4.78 is 1.66. The Hall–Kier alpha value is -3.11. The smallest absolute Gasteiger partial charge is 0.269 e. The van der Waals surface area contributed by atoms with Crippen LogP contribution in [0.4, 0.5) is 11.4 Å². The number of hydrogen-bond acceptors (Lipinski definition) is 7. The molecule has 2 aromatic carbocycles. The maximum Gasteiger partial charge on any atom is 0.269 e. The van der Waals surface area contributed by atoms with Crippen LogP contribution in [0.15, 0.2) is 69.4 Å². The normalized spacial score (nSPS) is 12.4. The van der Waals surface area contributed by atoms with Gasteiger partial charge in [-0.2, -0.15) is 0 Å². The van der Waals surface area contributed by atoms with Gasteiger partial charge in [-0.05, 0) is 24.1 Å². The molecule has 1 aromatic heterocycles. The first kappa shape index (κ1) is 22.1. The molecule has 0 saturated carbocycles. The third-order valence-electron chi connectivity index (χ3n) is 4.91. The molecule has 0 atom stereocenters. The lowest BCUT2D eigenvalue weighted by Gasteiger charge is -2.14. The minimum Gasteiger partial charge on any atom is -0.325 e. The lowest BCUT2D eigenvalue weighted by Crippen LogP contribution is -2.27. The Kier molecular flexibility index (Phi) is 6.91. The molecule has 32 heavy (non-hydrogen) atoms. The molecule has 0 bridgehead atoms. The molecule has 1 aliphatic rings. The molecule has 1 aliphatic heterocycles. The van der Waals surface area contributed by atoms with E-state index in [1.807, 2.05) is 30.3 Å². The van der Waals surface area contributed by atoms with E-state index >= 15 is 0 Å². The number of carbonyl (C=O) groups excluding carboxylic acids is 1. The number of thioether (sulfide) groups is 2.